The molecule has 0 saturated carbocycles. The maximum Gasteiger partial charge on any atom is 0.255 e. The number of hydrogen-bond acceptors (Lipinski definition) is 6. The van der Waals surface area contributed by atoms with Crippen molar-refractivity contribution in [2.24, 2.45) is 0 Å². The molecule has 0 aliphatic carbocycles. The van der Waals surface area contributed by atoms with Crippen LogP contribution < -0.4 is 19.5 Å². The van der Waals surface area contributed by atoms with Crippen molar-refractivity contribution in [1.82, 2.24) is 10.0 Å². The van der Waals surface area contributed by atoms with Crippen molar-refractivity contribution >= 4 is 15.9 Å². The summed E-state index contributed by atoms with van der Waals surface area (Å²) < 4.78 is 41.3. The van der Waals surface area contributed by atoms with Gasteiger partial charge in [-0.1, -0.05) is 0 Å². The van der Waals surface area contributed by atoms with Gasteiger partial charge in [-0.25, -0.2) is 13.1 Å². The summed E-state index contributed by atoms with van der Waals surface area (Å²) in [5.74, 6) is 0.254. The minimum absolute atomic E-state index is 0.0247. The van der Waals surface area contributed by atoms with Crippen LogP contribution in [-0.2, 0) is 14.8 Å². The zero-order chi connectivity index (χ0) is 18.2. The molecule has 1 aromatic rings. The number of methoxy groups -OCH3 is 3. The zero-order valence-corrected chi connectivity index (χ0v) is 15.1. The third-order valence-corrected chi connectivity index (χ3v) is 4.61. The predicted molar refractivity (Wildman–Crippen MR) is 90.1 cm³/mol. The molecular formula is C15H24N2O6S. The standard InChI is InChI=1S/C15H24N2O6S/c1-11(10-21-2)17-24(19,20)8-7-16-15(18)13-6-5-12(22-3)9-14(13)23-4/h5-6,9,11,17H,7-8,10H2,1-4H3,(H,16,18)/t11-/m0/s1. The van der Waals surface area contributed by atoms with Gasteiger partial charge in [0.05, 0.1) is 32.1 Å². The third-order valence-electron chi connectivity index (χ3n) is 3.11. The minimum atomic E-state index is -3.50. The molecule has 0 aliphatic heterocycles. The Morgan fingerprint density at radius 2 is 1.92 bits per heavy atom. The fourth-order valence-electron chi connectivity index (χ4n) is 2.03. The van der Waals surface area contributed by atoms with Gasteiger partial charge < -0.3 is 19.5 Å². The second-order valence-electron chi connectivity index (χ2n) is 5.12. The number of benzene rings is 1. The molecule has 136 valence electrons. The molecule has 1 rings (SSSR count). The smallest absolute Gasteiger partial charge is 0.255 e. The van der Waals surface area contributed by atoms with E-state index in [0.717, 1.165) is 0 Å². The van der Waals surface area contributed by atoms with Crippen LogP contribution in [0.3, 0.4) is 0 Å². The van der Waals surface area contributed by atoms with Gasteiger partial charge in [-0.2, -0.15) is 0 Å². The summed E-state index contributed by atoms with van der Waals surface area (Å²) in [5, 5.41) is 2.56. The van der Waals surface area contributed by atoms with Gasteiger partial charge >= 0.3 is 0 Å². The fraction of sp³-hybridized carbons (Fsp3) is 0.533. The summed E-state index contributed by atoms with van der Waals surface area (Å²) in [5.41, 5.74) is 0.302. The first kappa shape index (κ1) is 20.2. The maximum atomic E-state index is 12.2. The molecule has 1 aromatic carbocycles. The predicted octanol–water partition coefficient (Wildman–Crippen LogP) is 0.388. The lowest BCUT2D eigenvalue weighted by Gasteiger charge is -2.14. The van der Waals surface area contributed by atoms with E-state index in [4.69, 9.17) is 14.2 Å². The monoisotopic (exact) mass is 360 g/mol. The summed E-state index contributed by atoms with van der Waals surface area (Å²) in [6.07, 6.45) is 0. The molecule has 9 heteroatoms. The summed E-state index contributed by atoms with van der Waals surface area (Å²) in [7, 11) is 0.943. The number of carbonyl (C=O) groups is 1. The van der Waals surface area contributed by atoms with Crippen molar-refractivity contribution in [2.45, 2.75) is 13.0 Å². The highest BCUT2D eigenvalue weighted by Crippen LogP contribution is 2.24. The Morgan fingerprint density at radius 1 is 1.21 bits per heavy atom. The number of nitrogens with one attached hydrogen (secondary N) is 2. The van der Waals surface area contributed by atoms with Crippen molar-refractivity contribution in [3.63, 3.8) is 0 Å². The SMILES string of the molecule is COC[C@H](C)NS(=O)(=O)CCNC(=O)c1ccc(OC)cc1OC. The molecule has 24 heavy (non-hydrogen) atoms. The topological polar surface area (TPSA) is 103 Å². The van der Waals surface area contributed by atoms with E-state index in [2.05, 4.69) is 10.0 Å². The first-order chi connectivity index (χ1) is 11.3. The lowest BCUT2D eigenvalue weighted by atomic mass is 10.2. The average Bonchev–Trinajstić information content (AvgIpc) is 2.53. The highest BCUT2D eigenvalue weighted by Gasteiger charge is 2.17. The quantitative estimate of drug-likeness (QED) is 0.626. The van der Waals surface area contributed by atoms with Crippen LogP contribution in [-0.4, -0.2) is 60.6 Å². The Bertz CT molecular complexity index is 647. The molecule has 0 radical (unpaired) electrons. The second kappa shape index (κ2) is 9.45. The molecule has 8 nitrogen and oxygen atoms in total. The van der Waals surface area contributed by atoms with Crippen LogP contribution in [0.4, 0.5) is 0 Å². The molecule has 0 fully saturated rings. The number of sulfonamides is 1. The van der Waals surface area contributed by atoms with Crippen LogP contribution in [0.1, 0.15) is 17.3 Å². The van der Waals surface area contributed by atoms with E-state index in [1.54, 1.807) is 25.1 Å². The van der Waals surface area contributed by atoms with Crippen LogP contribution in [0.5, 0.6) is 11.5 Å². The number of ether oxygens (including phenoxy) is 3. The molecule has 0 unspecified atom stereocenters. The van der Waals surface area contributed by atoms with Crippen molar-refractivity contribution in [3.05, 3.63) is 23.8 Å². The van der Waals surface area contributed by atoms with E-state index in [-0.39, 0.29) is 24.9 Å². The normalized spacial score (nSPS) is 12.5. The third kappa shape index (κ3) is 6.34. The molecule has 0 heterocycles. The van der Waals surface area contributed by atoms with Gasteiger partial charge in [0.2, 0.25) is 10.0 Å². The van der Waals surface area contributed by atoms with Gasteiger partial charge in [0.15, 0.2) is 0 Å². The average molecular weight is 360 g/mol. The van der Waals surface area contributed by atoms with E-state index in [0.29, 0.717) is 17.1 Å². The van der Waals surface area contributed by atoms with Gasteiger partial charge in [0.25, 0.3) is 5.91 Å². The number of hydrogen-bond donors (Lipinski definition) is 2. The largest absolute Gasteiger partial charge is 0.497 e. The van der Waals surface area contributed by atoms with Gasteiger partial charge in [0, 0.05) is 25.8 Å². The number of amides is 1. The van der Waals surface area contributed by atoms with E-state index < -0.39 is 15.9 Å². The fourth-order valence-corrected chi connectivity index (χ4v) is 3.20. The van der Waals surface area contributed by atoms with Crippen molar-refractivity contribution in [2.75, 3.05) is 40.2 Å². The van der Waals surface area contributed by atoms with Crippen LogP contribution in [0.15, 0.2) is 18.2 Å². The Morgan fingerprint density at radius 3 is 2.50 bits per heavy atom. The Balaban J connectivity index is 2.60. The zero-order valence-electron chi connectivity index (χ0n) is 14.3. The van der Waals surface area contributed by atoms with Crippen molar-refractivity contribution in [3.8, 4) is 11.5 Å². The summed E-state index contributed by atoms with van der Waals surface area (Å²) >= 11 is 0. The maximum absolute atomic E-state index is 12.2. The molecule has 1 atom stereocenters. The second-order valence-corrected chi connectivity index (χ2v) is 6.99. The molecule has 0 aliphatic rings. The Kier molecular flexibility index (Phi) is 7.96. The van der Waals surface area contributed by atoms with E-state index in [9.17, 15) is 13.2 Å². The van der Waals surface area contributed by atoms with E-state index >= 15 is 0 Å². The molecule has 0 saturated heterocycles. The van der Waals surface area contributed by atoms with Gasteiger partial charge in [-0.15, -0.1) is 0 Å². The van der Waals surface area contributed by atoms with Crippen LogP contribution in [0.2, 0.25) is 0 Å². The lowest BCUT2D eigenvalue weighted by Crippen LogP contribution is -2.40. The number of carbonyl (C=O) groups excluding carboxylic acids is 1. The van der Waals surface area contributed by atoms with Gasteiger partial charge in [-0.3, -0.25) is 4.79 Å². The lowest BCUT2D eigenvalue weighted by molar-refractivity contribution is 0.0953. The molecule has 1 amide bonds. The number of rotatable bonds is 10. The summed E-state index contributed by atoms with van der Waals surface area (Å²) in [6, 6.07) is 4.43. The highest BCUT2D eigenvalue weighted by atomic mass is 32.2. The van der Waals surface area contributed by atoms with E-state index in [1.807, 2.05) is 0 Å². The van der Waals surface area contributed by atoms with Gasteiger partial charge in [-0.05, 0) is 19.1 Å². The summed E-state index contributed by atoms with van der Waals surface area (Å²) in [4.78, 5) is 12.2. The molecule has 0 bridgehead atoms. The Labute approximate surface area is 142 Å². The molecule has 0 spiro atoms. The van der Waals surface area contributed by atoms with Crippen molar-refractivity contribution in [1.29, 1.82) is 0 Å². The summed E-state index contributed by atoms with van der Waals surface area (Å²) in [6.45, 7) is 1.94. The van der Waals surface area contributed by atoms with Crippen LogP contribution in [0.25, 0.3) is 0 Å². The van der Waals surface area contributed by atoms with Crippen LogP contribution in [0, 0.1) is 0 Å². The first-order valence-electron chi connectivity index (χ1n) is 7.32. The minimum Gasteiger partial charge on any atom is -0.497 e. The van der Waals surface area contributed by atoms with Crippen LogP contribution >= 0.6 is 0 Å². The van der Waals surface area contributed by atoms with E-state index in [1.165, 1.54) is 21.3 Å². The van der Waals surface area contributed by atoms with Gasteiger partial charge in [0.1, 0.15) is 11.5 Å². The Hall–Kier alpha value is -1.84. The molecule has 0 aromatic heterocycles. The van der Waals surface area contributed by atoms with Crippen molar-refractivity contribution < 1.29 is 27.4 Å². The first-order valence-corrected chi connectivity index (χ1v) is 8.97. The highest BCUT2D eigenvalue weighted by molar-refractivity contribution is 7.89. The molecule has 2 N–H and O–H groups in total. The molecular weight excluding hydrogens is 336 g/mol.